The summed E-state index contributed by atoms with van der Waals surface area (Å²) in [6, 6.07) is 38.1. The molecule has 0 unspecified atom stereocenters. The number of fused-ring (bicyclic) bond motifs is 4. The molecule has 0 bridgehead atoms. The standard InChI is InChI=1S/C57H70BN3S/c1-52(2,3)36-24-22-35(23-25-36)50-59-49-51(62-50)61(43-32-40(56(13,14)15)29-41(33-43)57(16,17)18)47-21-19-20-46-48(47)58(49)44-34-37(53(4,5)6)26-27-45(44)60(46)42-30-38(54(7,8)9)28-39(31-42)55(10,11)12/h19-34H,1-18H3. The van der Waals surface area contributed by atoms with Gasteiger partial charge in [0.15, 0.2) is 0 Å². The molecule has 0 radical (unpaired) electrons. The lowest BCUT2D eigenvalue weighted by Gasteiger charge is -2.43. The summed E-state index contributed by atoms with van der Waals surface area (Å²) in [5, 5.41) is 2.26. The van der Waals surface area contributed by atoms with Crippen molar-refractivity contribution in [2.45, 2.75) is 157 Å². The molecule has 2 aliphatic heterocycles. The zero-order valence-electron chi connectivity index (χ0n) is 41.1. The maximum Gasteiger partial charge on any atom is 0.276 e. The first kappa shape index (κ1) is 44.0. The van der Waals surface area contributed by atoms with Crippen molar-refractivity contribution in [1.29, 1.82) is 0 Å². The number of nitrogens with zero attached hydrogens (tertiary/aromatic N) is 3. The second kappa shape index (κ2) is 14.5. The molecule has 0 aliphatic carbocycles. The van der Waals surface area contributed by atoms with Crippen LogP contribution < -0.4 is 26.3 Å². The van der Waals surface area contributed by atoms with E-state index in [4.69, 9.17) is 4.98 Å². The zero-order chi connectivity index (χ0) is 45.3. The summed E-state index contributed by atoms with van der Waals surface area (Å²) in [4.78, 5) is 10.9. The van der Waals surface area contributed by atoms with Crippen LogP contribution in [0.2, 0.25) is 0 Å². The number of thiazole rings is 1. The van der Waals surface area contributed by atoms with Crippen molar-refractivity contribution in [2.24, 2.45) is 0 Å². The van der Waals surface area contributed by atoms with Gasteiger partial charge in [-0.1, -0.05) is 191 Å². The van der Waals surface area contributed by atoms with Crippen LogP contribution in [0.1, 0.15) is 158 Å². The third-order valence-electron chi connectivity index (χ3n) is 13.2. The number of rotatable bonds is 3. The van der Waals surface area contributed by atoms with Crippen molar-refractivity contribution in [3.8, 4) is 10.6 Å². The van der Waals surface area contributed by atoms with E-state index in [-0.39, 0.29) is 39.2 Å². The van der Waals surface area contributed by atoms with Gasteiger partial charge in [0.1, 0.15) is 10.0 Å². The lowest BCUT2D eigenvalue weighted by atomic mass is 9.35. The van der Waals surface area contributed by atoms with Gasteiger partial charge in [0.2, 0.25) is 0 Å². The Labute approximate surface area is 379 Å². The highest BCUT2D eigenvalue weighted by atomic mass is 32.1. The SMILES string of the molecule is CC(C)(C)c1ccc(-c2nc3c(s2)N(c2cc(C(C)(C)C)cc(C(C)(C)C)c2)c2cccc4c2B3c2cc(C(C)(C)C)ccc2N4c2cc(C(C)(C)C)cc(C(C)(C)C)c2)cc1. The summed E-state index contributed by atoms with van der Waals surface area (Å²) in [5.41, 5.74) is 18.9. The van der Waals surface area contributed by atoms with Gasteiger partial charge in [0, 0.05) is 34.0 Å². The van der Waals surface area contributed by atoms with Crippen LogP contribution in [-0.2, 0) is 32.5 Å². The van der Waals surface area contributed by atoms with Gasteiger partial charge in [-0.3, -0.25) is 0 Å². The number of anilines is 6. The summed E-state index contributed by atoms with van der Waals surface area (Å²) in [6.07, 6.45) is 0. The zero-order valence-corrected chi connectivity index (χ0v) is 41.9. The van der Waals surface area contributed by atoms with Crippen LogP contribution in [-0.4, -0.2) is 11.7 Å². The number of benzene rings is 5. The van der Waals surface area contributed by atoms with Gasteiger partial charge < -0.3 is 9.80 Å². The van der Waals surface area contributed by atoms with Gasteiger partial charge in [-0.2, -0.15) is 0 Å². The average molecular weight is 840 g/mol. The summed E-state index contributed by atoms with van der Waals surface area (Å²) in [5.74, 6) is 0. The lowest BCUT2D eigenvalue weighted by molar-refractivity contribution is 0.568. The molecule has 6 aromatic rings. The van der Waals surface area contributed by atoms with Crippen molar-refractivity contribution >= 4 is 68.0 Å². The molecule has 0 saturated heterocycles. The third-order valence-corrected chi connectivity index (χ3v) is 14.3. The molecular weight excluding hydrogens is 770 g/mol. The highest BCUT2D eigenvalue weighted by Gasteiger charge is 2.46. The molecule has 3 nitrogen and oxygen atoms in total. The Bertz CT molecular complexity index is 2630. The number of hydrogen-bond donors (Lipinski definition) is 0. The molecular formula is C57H70BN3S. The average Bonchev–Trinajstić information content (AvgIpc) is 3.60. The third kappa shape index (κ3) is 7.86. The van der Waals surface area contributed by atoms with Crippen LogP contribution in [0, 0.1) is 0 Å². The molecule has 5 heteroatoms. The summed E-state index contributed by atoms with van der Waals surface area (Å²) in [6.45, 7) is 41.9. The molecule has 0 saturated carbocycles. The van der Waals surface area contributed by atoms with Crippen molar-refractivity contribution < 1.29 is 0 Å². The highest BCUT2D eigenvalue weighted by molar-refractivity contribution is 7.22. The first-order chi connectivity index (χ1) is 28.5. The Morgan fingerprint density at radius 1 is 0.419 bits per heavy atom. The molecule has 322 valence electrons. The van der Waals surface area contributed by atoms with Gasteiger partial charge in [-0.05, 0) is 119 Å². The van der Waals surface area contributed by atoms with E-state index in [9.17, 15) is 0 Å². The topological polar surface area (TPSA) is 19.4 Å². The van der Waals surface area contributed by atoms with Crippen LogP contribution in [0.25, 0.3) is 10.6 Å². The van der Waals surface area contributed by atoms with E-state index >= 15 is 0 Å². The molecule has 2 aliphatic rings. The smallest absolute Gasteiger partial charge is 0.276 e. The van der Waals surface area contributed by atoms with E-state index in [0.29, 0.717) is 0 Å². The molecule has 0 spiro atoms. The minimum Gasteiger partial charge on any atom is -0.311 e. The van der Waals surface area contributed by atoms with E-state index in [0.717, 1.165) is 16.2 Å². The van der Waals surface area contributed by atoms with Gasteiger partial charge >= 0.3 is 0 Å². The fraction of sp³-hybridized carbons (Fsp3) is 0.421. The Hall–Kier alpha value is -4.61. The van der Waals surface area contributed by atoms with Crippen LogP contribution in [0.15, 0.2) is 97.1 Å². The molecule has 0 amide bonds. The summed E-state index contributed by atoms with van der Waals surface area (Å²) in [7, 11) is 0. The molecule has 62 heavy (non-hydrogen) atoms. The number of hydrogen-bond acceptors (Lipinski definition) is 4. The van der Waals surface area contributed by atoms with Gasteiger partial charge in [0.05, 0.1) is 5.59 Å². The van der Waals surface area contributed by atoms with Crippen molar-refractivity contribution in [3.05, 3.63) is 130 Å². The quantitative estimate of drug-likeness (QED) is 0.165. The van der Waals surface area contributed by atoms with E-state index < -0.39 is 0 Å². The minimum atomic E-state index is -0.0550. The van der Waals surface area contributed by atoms with E-state index in [1.807, 2.05) is 11.3 Å². The van der Waals surface area contributed by atoms with Gasteiger partial charge in [0.25, 0.3) is 6.71 Å². The first-order valence-electron chi connectivity index (χ1n) is 22.8. The number of aromatic nitrogens is 1. The maximum absolute atomic E-state index is 5.80. The predicted octanol–water partition coefficient (Wildman–Crippen LogP) is 14.7. The monoisotopic (exact) mass is 840 g/mol. The molecule has 0 atom stereocenters. The van der Waals surface area contributed by atoms with Crippen LogP contribution >= 0.6 is 11.3 Å². The molecule has 1 aromatic heterocycles. The Kier molecular flexibility index (Phi) is 10.3. The Morgan fingerprint density at radius 3 is 1.29 bits per heavy atom. The van der Waals surface area contributed by atoms with Crippen molar-refractivity contribution in [3.63, 3.8) is 0 Å². The molecule has 0 fully saturated rings. The summed E-state index contributed by atoms with van der Waals surface area (Å²) < 4.78 is 0. The van der Waals surface area contributed by atoms with E-state index in [1.54, 1.807) is 0 Å². The van der Waals surface area contributed by atoms with Crippen LogP contribution in [0.3, 0.4) is 0 Å². The second-order valence-electron chi connectivity index (χ2n) is 24.4. The second-order valence-corrected chi connectivity index (χ2v) is 25.4. The Balaban J connectivity index is 1.48. The summed E-state index contributed by atoms with van der Waals surface area (Å²) >= 11 is 1.84. The van der Waals surface area contributed by atoms with Gasteiger partial charge in [-0.25, -0.2) is 4.98 Å². The maximum atomic E-state index is 5.80. The van der Waals surface area contributed by atoms with Crippen LogP contribution in [0.5, 0.6) is 0 Å². The normalized spacial score (nSPS) is 14.5. The van der Waals surface area contributed by atoms with E-state index in [2.05, 4.69) is 231 Å². The van der Waals surface area contributed by atoms with Crippen LogP contribution in [0.4, 0.5) is 33.4 Å². The largest absolute Gasteiger partial charge is 0.311 e. The molecule has 5 aromatic carbocycles. The fourth-order valence-electron chi connectivity index (χ4n) is 9.02. The van der Waals surface area contributed by atoms with E-state index in [1.165, 1.54) is 77.7 Å². The predicted molar refractivity (Wildman–Crippen MR) is 274 cm³/mol. The molecule has 0 N–H and O–H groups in total. The first-order valence-corrected chi connectivity index (χ1v) is 23.6. The fourth-order valence-corrected chi connectivity index (χ4v) is 10.2. The highest BCUT2D eigenvalue weighted by Crippen LogP contribution is 2.49. The lowest BCUT2D eigenvalue weighted by Crippen LogP contribution is -2.61. The van der Waals surface area contributed by atoms with Crippen molar-refractivity contribution in [1.82, 2.24) is 4.98 Å². The molecule has 3 heterocycles. The molecule has 8 rings (SSSR count). The Morgan fingerprint density at radius 2 is 0.839 bits per heavy atom. The van der Waals surface area contributed by atoms with Crippen molar-refractivity contribution in [2.75, 3.05) is 9.80 Å². The minimum absolute atomic E-state index is 0.0278. The van der Waals surface area contributed by atoms with Gasteiger partial charge in [-0.15, -0.1) is 0 Å².